The molecule has 6 nitrogen and oxygen atoms in total. The summed E-state index contributed by atoms with van der Waals surface area (Å²) >= 11 is 1.26. The van der Waals surface area contributed by atoms with Crippen LogP contribution < -0.4 is 14.4 Å². The van der Waals surface area contributed by atoms with E-state index >= 15 is 0 Å². The largest absolute Gasteiger partial charge is 0.493 e. The molecule has 2 aliphatic heterocycles. The van der Waals surface area contributed by atoms with Crippen molar-refractivity contribution in [3.05, 3.63) is 93.4 Å². The lowest BCUT2D eigenvalue weighted by atomic mass is 10.0. The predicted molar refractivity (Wildman–Crippen MR) is 157 cm³/mol. The minimum atomic E-state index is -5.01. The average Bonchev–Trinajstić information content (AvgIpc) is 3.35. The van der Waals surface area contributed by atoms with Crippen molar-refractivity contribution >= 4 is 34.6 Å². The van der Waals surface area contributed by atoms with Crippen LogP contribution in [0, 0.1) is 6.92 Å². The fraction of sp³-hybridized carbons (Fsp3) is 0.290. The Balaban J connectivity index is 1.24. The zero-order valence-corrected chi connectivity index (χ0v) is 24.4. The number of nitrogens with zero attached hydrogens (tertiary/aromatic N) is 3. The number of benzene rings is 3. The van der Waals surface area contributed by atoms with E-state index in [0.29, 0.717) is 34.8 Å². The first-order valence-corrected chi connectivity index (χ1v) is 14.3. The highest BCUT2D eigenvalue weighted by atomic mass is 32.2. The van der Waals surface area contributed by atoms with Crippen LogP contribution in [0.5, 0.6) is 11.5 Å². The number of ether oxygens (including phenoxy) is 2. The van der Waals surface area contributed by atoms with Gasteiger partial charge in [-0.05, 0) is 66.7 Å². The van der Waals surface area contributed by atoms with Crippen LogP contribution in [0.25, 0.3) is 6.08 Å². The number of piperazine rings is 1. The number of halogens is 6. The molecular weight excluding hydrogens is 608 g/mol. The summed E-state index contributed by atoms with van der Waals surface area (Å²) in [5.74, 6) is -0.132. The lowest BCUT2D eigenvalue weighted by Gasteiger charge is -2.36. The maximum Gasteiger partial charge on any atom is 0.416 e. The molecule has 0 radical (unpaired) electrons. The second kappa shape index (κ2) is 12.5. The van der Waals surface area contributed by atoms with Gasteiger partial charge in [0.15, 0.2) is 16.7 Å². The molecule has 0 saturated carbocycles. The van der Waals surface area contributed by atoms with Crippen LogP contribution in [0.15, 0.2) is 70.6 Å². The second-order valence-corrected chi connectivity index (χ2v) is 11.2. The Morgan fingerprint density at radius 1 is 0.864 bits per heavy atom. The van der Waals surface area contributed by atoms with Crippen molar-refractivity contribution in [3.8, 4) is 11.5 Å². The molecule has 2 heterocycles. The molecule has 44 heavy (non-hydrogen) atoms. The van der Waals surface area contributed by atoms with Crippen LogP contribution in [0.1, 0.15) is 27.8 Å². The van der Waals surface area contributed by atoms with E-state index in [1.54, 1.807) is 18.2 Å². The molecule has 0 aromatic heterocycles. The maximum atomic E-state index is 13.5. The number of rotatable bonds is 6. The quantitative estimate of drug-likeness (QED) is 0.208. The molecule has 0 unspecified atom stereocenters. The van der Waals surface area contributed by atoms with E-state index in [2.05, 4.69) is 39.1 Å². The van der Waals surface area contributed by atoms with Crippen LogP contribution in [0.4, 0.5) is 32.0 Å². The van der Waals surface area contributed by atoms with Crippen LogP contribution in [0.3, 0.4) is 0 Å². The summed E-state index contributed by atoms with van der Waals surface area (Å²) in [6.45, 7) is 4.37. The predicted octanol–water partition coefficient (Wildman–Crippen LogP) is 7.41. The van der Waals surface area contributed by atoms with Gasteiger partial charge in [-0.2, -0.15) is 31.3 Å². The summed E-state index contributed by atoms with van der Waals surface area (Å²) in [4.78, 5) is 21.7. The molecule has 232 valence electrons. The Labute approximate surface area is 254 Å². The van der Waals surface area contributed by atoms with Gasteiger partial charge in [0.2, 0.25) is 0 Å². The molecule has 0 spiro atoms. The number of carbonyl (C=O) groups excluding carboxylic acids is 1. The normalized spacial score (nSPS) is 16.9. The molecule has 0 bridgehead atoms. The molecule has 2 aliphatic rings. The molecule has 1 saturated heterocycles. The molecule has 1 fully saturated rings. The third-order valence-corrected chi connectivity index (χ3v) is 8.21. The smallest absolute Gasteiger partial charge is 0.416 e. The Hall–Kier alpha value is -4.13. The van der Waals surface area contributed by atoms with E-state index in [1.807, 2.05) is 6.92 Å². The van der Waals surface area contributed by atoms with E-state index in [1.165, 1.54) is 30.5 Å². The number of anilines is 1. The number of amidine groups is 1. The van der Waals surface area contributed by atoms with Crippen molar-refractivity contribution in [2.24, 2.45) is 4.99 Å². The first kappa shape index (κ1) is 31.3. The van der Waals surface area contributed by atoms with Gasteiger partial charge in [-0.25, -0.2) is 0 Å². The Kier molecular flexibility index (Phi) is 8.87. The number of methoxy groups -OCH3 is 1. The van der Waals surface area contributed by atoms with Crippen LogP contribution >= 0.6 is 11.8 Å². The zero-order chi connectivity index (χ0) is 31.6. The van der Waals surface area contributed by atoms with Crippen molar-refractivity contribution in [2.45, 2.75) is 25.9 Å². The average molecular weight is 636 g/mol. The summed E-state index contributed by atoms with van der Waals surface area (Å²) in [7, 11) is 1.34. The summed E-state index contributed by atoms with van der Waals surface area (Å²) in [6.07, 6.45) is -8.30. The fourth-order valence-corrected chi connectivity index (χ4v) is 5.75. The number of aryl methyl sites for hydroxylation is 1. The Morgan fingerprint density at radius 3 is 2.18 bits per heavy atom. The lowest BCUT2D eigenvalue weighted by Crippen LogP contribution is -2.47. The summed E-state index contributed by atoms with van der Waals surface area (Å²) < 4.78 is 90.4. The molecule has 0 aliphatic carbocycles. The number of hydrogen-bond donors (Lipinski definition) is 0. The van der Waals surface area contributed by atoms with Crippen molar-refractivity contribution in [1.29, 1.82) is 0 Å². The van der Waals surface area contributed by atoms with Gasteiger partial charge in [-0.15, -0.1) is 0 Å². The van der Waals surface area contributed by atoms with Crippen molar-refractivity contribution in [2.75, 3.05) is 38.2 Å². The monoisotopic (exact) mass is 635 g/mol. The SMILES string of the molecule is COc1cc(/C=C2\SC(N3CCN(c4ccc(C)cc4)CC3)=NC2=O)ccc1OCc1ccc(C(F)(F)F)cc1C(F)(F)F. The van der Waals surface area contributed by atoms with Gasteiger partial charge in [0.25, 0.3) is 5.91 Å². The van der Waals surface area contributed by atoms with Gasteiger partial charge in [0, 0.05) is 37.4 Å². The topological polar surface area (TPSA) is 54.4 Å². The number of aliphatic imine (C=N–C) groups is 1. The number of thioether (sulfide) groups is 1. The highest BCUT2D eigenvalue weighted by molar-refractivity contribution is 8.18. The highest BCUT2D eigenvalue weighted by Gasteiger charge is 2.38. The minimum absolute atomic E-state index is 0.0712. The molecule has 0 N–H and O–H groups in total. The van der Waals surface area contributed by atoms with Crippen LogP contribution in [0.2, 0.25) is 0 Å². The van der Waals surface area contributed by atoms with Crippen molar-refractivity contribution in [1.82, 2.24) is 4.90 Å². The van der Waals surface area contributed by atoms with Gasteiger partial charge in [-0.1, -0.05) is 29.8 Å². The Morgan fingerprint density at radius 2 is 1.55 bits per heavy atom. The minimum Gasteiger partial charge on any atom is -0.493 e. The van der Waals surface area contributed by atoms with Gasteiger partial charge in [0.1, 0.15) is 6.61 Å². The first-order valence-electron chi connectivity index (χ1n) is 13.5. The van der Waals surface area contributed by atoms with E-state index in [0.717, 1.165) is 24.8 Å². The molecule has 3 aromatic rings. The third-order valence-electron chi connectivity index (χ3n) is 7.17. The Bertz CT molecular complexity index is 1590. The van der Waals surface area contributed by atoms with Crippen LogP contribution in [-0.2, 0) is 23.8 Å². The van der Waals surface area contributed by atoms with E-state index < -0.39 is 35.6 Å². The van der Waals surface area contributed by atoms with Gasteiger partial charge >= 0.3 is 12.4 Å². The van der Waals surface area contributed by atoms with Crippen molar-refractivity contribution in [3.63, 3.8) is 0 Å². The standard InChI is InChI=1S/C31H27F6N3O3S/c1-19-3-8-23(9-4-19)39-11-13-40(14-12-39)29-38-28(41)27(44-29)16-20-5-10-25(26(15-20)42-2)43-18-21-6-7-22(30(32,33)34)17-24(21)31(35,36)37/h3-10,15-17H,11-14,18H2,1-2H3/b27-16-. The summed E-state index contributed by atoms with van der Waals surface area (Å²) in [5, 5.41) is 0.619. The zero-order valence-electron chi connectivity index (χ0n) is 23.6. The molecule has 1 amide bonds. The van der Waals surface area contributed by atoms with Gasteiger partial charge in [0.05, 0.1) is 23.1 Å². The van der Waals surface area contributed by atoms with E-state index in [4.69, 9.17) is 9.47 Å². The molecule has 5 rings (SSSR count). The first-order chi connectivity index (χ1) is 20.8. The summed E-state index contributed by atoms with van der Waals surface area (Å²) in [5.41, 5.74) is -0.391. The maximum absolute atomic E-state index is 13.5. The second-order valence-electron chi connectivity index (χ2n) is 10.2. The third kappa shape index (κ3) is 7.15. The van der Waals surface area contributed by atoms with Gasteiger partial charge in [-0.3, -0.25) is 4.79 Å². The fourth-order valence-electron chi connectivity index (χ4n) is 4.79. The summed E-state index contributed by atoms with van der Waals surface area (Å²) in [6, 6.07) is 14.3. The molecular formula is C31H27F6N3O3S. The molecule has 3 aromatic carbocycles. The van der Waals surface area contributed by atoms with Crippen molar-refractivity contribution < 1.29 is 40.6 Å². The van der Waals surface area contributed by atoms with E-state index in [-0.39, 0.29) is 23.5 Å². The molecule has 0 atom stereocenters. The van der Waals surface area contributed by atoms with Crippen LogP contribution in [-0.4, -0.2) is 49.3 Å². The molecule has 13 heteroatoms. The van der Waals surface area contributed by atoms with Gasteiger partial charge < -0.3 is 19.3 Å². The highest BCUT2D eigenvalue weighted by Crippen LogP contribution is 2.39. The number of alkyl halides is 6. The number of carbonyl (C=O) groups is 1. The number of amides is 1. The van der Waals surface area contributed by atoms with E-state index in [9.17, 15) is 31.1 Å². The number of hydrogen-bond acceptors (Lipinski definition) is 6. The lowest BCUT2D eigenvalue weighted by molar-refractivity contribution is -0.143.